The van der Waals surface area contributed by atoms with Gasteiger partial charge in [0.1, 0.15) is 5.69 Å². The average Bonchev–Trinajstić information content (AvgIpc) is 2.87. The quantitative estimate of drug-likeness (QED) is 0.583. The number of nitrogens with one attached hydrogen (secondary N) is 1. The predicted molar refractivity (Wildman–Crippen MR) is 96.3 cm³/mol. The van der Waals surface area contributed by atoms with Gasteiger partial charge >= 0.3 is 0 Å². The molecule has 0 aliphatic carbocycles. The Kier molecular flexibility index (Phi) is 5.06. The van der Waals surface area contributed by atoms with Gasteiger partial charge in [0, 0.05) is 18.2 Å². The normalized spacial score (nSPS) is 18.6. The number of nitrogens with zero attached hydrogens (tertiary/aromatic N) is 3. The van der Waals surface area contributed by atoms with Gasteiger partial charge in [-0.2, -0.15) is 4.98 Å². The maximum absolute atomic E-state index is 4.84. The highest BCUT2D eigenvalue weighted by Gasteiger charge is 2.43. The van der Waals surface area contributed by atoms with Gasteiger partial charge in [0.2, 0.25) is 5.82 Å². The van der Waals surface area contributed by atoms with Gasteiger partial charge in [0.15, 0.2) is 6.17 Å². The summed E-state index contributed by atoms with van der Waals surface area (Å²) in [6.45, 7) is 6.38. The van der Waals surface area contributed by atoms with E-state index in [1.807, 2.05) is 19.2 Å². The molecule has 5 heteroatoms. The van der Waals surface area contributed by atoms with Crippen molar-refractivity contribution in [3.63, 3.8) is 0 Å². The Bertz CT molecular complexity index is 882. The zero-order chi connectivity index (χ0) is 16.7. The molecule has 128 valence electrons. The summed E-state index contributed by atoms with van der Waals surface area (Å²) < 4.78 is 0. The molecule has 4 rings (SSSR count). The molecular weight excluding hydrogens is 423 g/mol. The van der Waals surface area contributed by atoms with Crippen molar-refractivity contribution in [3.05, 3.63) is 72.1 Å². The number of quaternary nitrogens is 1. The first kappa shape index (κ1) is 17.8. The van der Waals surface area contributed by atoms with Crippen molar-refractivity contribution in [2.24, 2.45) is 0 Å². The summed E-state index contributed by atoms with van der Waals surface area (Å²) >= 11 is 0. The van der Waals surface area contributed by atoms with Crippen LogP contribution < -0.4 is 33.8 Å². The van der Waals surface area contributed by atoms with Crippen LogP contribution in [0.5, 0.6) is 0 Å². The van der Waals surface area contributed by atoms with E-state index in [9.17, 15) is 0 Å². The molecule has 0 spiro atoms. The van der Waals surface area contributed by atoms with Crippen LogP contribution in [0.2, 0.25) is 0 Å². The van der Waals surface area contributed by atoms with Crippen molar-refractivity contribution in [1.29, 1.82) is 0 Å². The van der Waals surface area contributed by atoms with E-state index in [-0.39, 0.29) is 30.1 Å². The van der Waals surface area contributed by atoms with Crippen molar-refractivity contribution in [3.8, 4) is 0 Å². The predicted octanol–water partition coefficient (Wildman–Crippen LogP) is 0.443. The molecule has 0 bridgehead atoms. The fourth-order valence-corrected chi connectivity index (χ4v) is 3.50. The zero-order valence-electron chi connectivity index (χ0n) is 14.6. The Hall–Kier alpha value is -1.99. The lowest BCUT2D eigenvalue weighted by Crippen LogP contribution is -3.06. The van der Waals surface area contributed by atoms with Gasteiger partial charge in [-0.1, -0.05) is 36.4 Å². The average molecular weight is 444 g/mol. The standard InChI is InChI=1S/C20H20N4.HI/c1-14-9-7-8-12-18(14)24-16(3)23(17-10-5-4-6-11-17)19-20(24)22-15(2)13-21-19;/h4-13,16H,1-3H3;1H. The molecule has 0 amide bonds. The summed E-state index contributed by atoms with van der Waals surface area (Å²) in [5.74, 6) is 1.94. The van der Waals surface area contributed by atoms with E-state index in [2.05, 4.69) is 67.3 Å². The fraction of sp³-hybridized carbons (Fsp3) is 0.200. The van der Waals surface area contributed by atoms with E-state index in [1.54, 1.807) is 0 Å². The highest BCUT2D eigenvalue weighted by atomic mass is 127. The molecule has 0 saturated heterocycles. The number of rotatable bonds is 2. The number of halogens is 1. The molecule has 0 fully saturated rings. The minimum atomic E-state index is 0. The van der Waals surface area contributed by atoms with Crippen LogP contribution in [0, 0.1) is 13.8 Å². The van der Waals surface area contributed by atoms with E-state index in [0.29, 0.717) is 0 Å². The van der Waals surface area contributed by atoms with E-state index < -0.39 is 0 Å². The van der Waals surface area contributed by atoms with Gasteiger partial charge in [-0.05, 0) is 32.0 Å². The van der Waals surface area contributed by atoms with Crippen LogP contribution in [0.25, 0.3) is 0 Å². The topological polar surface area (TPSA) is 33.5 Å². The Labute approximate surface area is 165 Å². The number of aryl methyl sites for hydroxylation is 2. The number of para-hydroxylation sites is 2. The number of hydrogen-bond donors (Lipinski definition) is 1. The van der Waals surface area contributed by atoms with Crippen LogP contribution in [0.1, 0.15) is 18.2 Å². The van der Waals surface area contributed by atoms with Gasteiger partial charge in [-0.25, -0.2) is 9.88 Å². The number of aromatic nitrogens is 2. The smallest absolute Gasteiger partial charge is 0.277 e. The molecule has 2 aromatic carbocycles. The molecule has 25 heavy (non-hydrogen) atoms. The van der Waals surface area contributed by atoms with Crippen molar-refractivity contribution in [2.75, 3.05) is 4.90 Å². The third-order valence-corrected chi connectivity index (χ3v) is 4.63. The number of hydrogen-bond acceptors (Lipinski definition) is 3. The lowest BCUT2D eigenvalue weighted by Gasteiger charge is -2.25. The molecule has 1 N–H and O–H groups in total. The highest BCUT2D eigenvalue weighted by Crippen LogP contribution is 2.34. The molecule has 0 radical (unpaired) electrons. The van der Waals surface area contributed by atoms with Gasteiger partial charge < -0.3 is 24.0 Å². The SMILES string of the molecule is Cc1cnc2c(n1)[NH+](c1ccccc1C)C(C)N2c1ccccc1.[I-]. The van der Waals surface area contributed by atoms with E-state index in [4.69, 9.17) is 9.97 Å². The largest absolute Gasteiger partial charge is 1.00 e. The third-order valence-electron chi connectivity index (χ3n) is 4.63. The molecule has 1 aliphatic rings. The highest BCUT2D eigenvalue weighted by molar-refractivity contribution is 5.70. The summed E-state index contributed by atoms with van der Waals surface area (Å²) in [4.78, 5) is 13.1. The Morgan fingerprint density at radius 2 is 1.64 bits per heavy atom. The summed E-state index contributed by atoms with van der Waals surface area (Å²) in [7, 11) is 0. The first-order chi connectivity index (χ1) is 11.7. The maximum Gasteiger partial charge on any atom is 0.277 e. The number of fused-ring (bicyclic) bond motifs is 1. The van der Waals surface area contributed by atoms with Crippen LogP contribution in [0.15, 0.2) is 60.8 Å². The molecule has 1 aliphatic heterocycles. The van der Waals surface area contributed by atoms with Crippen molar-refractivity contribution in [1.82, 2.24) is 9.97 Å². The first-order valence-electron chi connectivity index (χ1n) is 8.28. The molecule has 3 aromatic rings. The van der Waals surface area contributed by atoms with Crippen LogP contribution in [-0.4, -0.2) is 16.1 Å². The van der Waals surface area contributed by atoms with E-state index in [0.717, 1.165) is 23.0 Å². The molecule has 1 aromatic heterocycles. The lowest BCUT2D eigenvalue weighted by atomic mass is 10.2. The monoisotopic (exact) mass is 444 g/mol. The van der Waals surface area contributed by atoms with Crippen LogP contribution in [-0.2, 0) is 0 Å². The zero-order valence-corrected chi connectivity index (χ0v) is 16.7. The van der Waals surface area contributed by atoms with Gasteiger partial charge in [0.05, 0.1) is 11.9 Å². The minimum Gasteiger partial charge on any atom is -1.00 e. The van der Waals surface area contributed by atoms with Crippen molar-refractivity contribution in [2.45, 2.75) is 26.9 Å². The van der Waals surface area contributed by atoms with Gasteiger partial charge in [-0.3, -0.25) is 4.90 Å². The molecule has 2 unspecified atom stereocenters. The van der Waals surface area contributed by atoms with E-state index >= 15 is 0 Å². The Morgan fingerprint density at radius 3 is 2.36 bits per heavy atom. The minimum absolute atomic E-state index is 0. The second kappa shape index (κ2) is 7.09. The van der Waals surface area contributed by atoms with Crippen molar-refractivity contribution >= 4 is 23.0 Å². The summed E-state index contributed by atoms with van der Waals surface area (Å²) in [5, 5.41) is 0. The molecular formula is C20H21IN4. The summed E-state index contributed by atoms with van der Waals surface area (Å²) in [5.41, 5.74) is 4.61. The first-order valence-corrected chi connectivity index (χ1v) is 8.28. The summed E-state index contributed by atoms with van der Waals surface area (Å²) in [6.07, 6.45) is 2.03. The van der Waals surface area contributed by atoms with Crippen molar-refractivity contribution < 1.29 is 28.9 Å². The fourth-order valence-electron chi connectivity index (χ4n) is 3.50. The van der Waals surface area contributed by atoms with Gasteiger partial charge in [0.25, 0.3) is 5.82 Å². The number of anilines is 2. The molecule has 0 saturated carbocycles. The van der Waals surface area contributed by atoms with Crippen LogP contribution >= 0.6 is 0 Å². The molecule has 2 atom stereocenters. The number of benzene rings is 2. The van der Waals surface area contributed by atoms with Gasteiger partial charge in [-0.15, -0.1) is 0 Å². The Morgan fingerprint density at radius 1 is 0.960 bits per heavy atom. The Balaban J connectivity index is 0.00000182. The molecule has 4 nitrogen and oxygen atoms in total. The second-order valence-corrected chi connectivity index (χ2v) is 6.29. The second-order valence-electron chi connectivity index (χ2n) is 6.29. The maximum atomic E-state index is 4.84. The van der Waals surface area contributed by atoms with E-state index in [1.165, 1.54) is 16.2 Å². The van der Waals surface area contributed by atoms with Crippen LogP contribution in [0.3, 0.4) is 0 Å². The molecule has 2 heterocycles. The third kappa shape index (κ3) is 3.02. The lowest BCUT2D eigenvalue weighted by molar-refractivity contribution is -0.783. The van der Waals surface area contributed by atoms with Crippen LogP contribution in [0.4, 0.5) is 23.0 Å². The summed E-state index contributed by atoms with van der Waals surface area (Å²) in [6, 6.07) is 18.9.